The van der Waals surface area contributed by atoms with Gasteiger partial charge >= 0.3 is 0 Å². The van der Waals surface area contributed by atoms with Gasteiger partial charge in [0.05, 0.1) is 0 Å². The average Bonchev–Trinajstić information content (AvgIpc) is 2.47. The SMILES string of the molecule is CC.CC/C=C\C1=C(C)CCC1N. The summed E-state index contributed by atoms with van der Waals surface area (Å²) in [6.45, 7) is 8.33. The van der Waals surface area contributed by atoms with Crippen LogP contribution < -0.4 is 5.73 Å². The van der Waals surface area contributed by atoms with Gasteiger partial charge in [-0.2, -0.15) is 0 Å². The van der Waals surface area contributed by atoms with Gasteiger partial charge in [0.25, 0.3) is 0 Å². The number of hydrogen-bond donors (Lipinski definition) is 1. The average molecular weight is 181 g/mol. The van der Waals surface area contributed by atoms with Gasteiger partial charge in [-0.1, -0.05) is 38.5 Å². The van der Waals surface area contributed by atoms with Crippen LogP contribution in [0.2, 0.25) is 0 Å². The smallest absolute Gasteiger partial charge is 0.0297 e. The molecule has 0 saturated heterocycles. The summed E-state index contributed by atoms with van der Waals surface area (Å²) in [5, 5.41) is 0. The van der Waals surface area contributed by atoms with Crippen LogP contribution in [0.15, 0.2) is 23.3 Å². The van der Waals surface area contributed by atoms with Crippen molar-refractivity contribution in [3.63, 3.8) is 0 Å². The summed E-state index contributed by atoms with van der Waals surface area (Å²) in [6, 6.07) is 0.304. The van der Waals surface area contributed by atoms with Crippen LogP contribution in [-0.4, -0.2) is 6.04 Å². The van der Waals surface area contributed by atoms with E-state index in [4.69, 9.17) is 5.73 Å². The van der Waals surface area contributed by atoms with Crippen LogP contribution in [-0.2, 0) is 0 Å². The van der Waals surface area contributed by atoms with Gasteiger partial charge in [-0.3, -0.25) is 0 Å². The Hall–Kier alpha value is -0.560. The largest absolute Gasteiger partial charge is 0.324 e. The highest BCUT2D eigenvalue weighted by Crippen LogP contribution is 2.25. The fourth-order valence-electron chi connectivity index (χ4n) is 1.50. The maximum atomic E-state index is 5.90. The van der Waals surface area contributed by atoms with Crippen LogP contribution in [0.5, 0.6) is 0 Å². The molecule has 1 aliphatic rings. The van der Waals surface area contributed by atoms with Crippen molar-refractivity contribution in [2.24, 2.45) is 5.73 Å². The predicted octanol–water partition coefficient (Wildman–Crippen LogP) is 3.42. The Labute approximate surface area is 82.7 Å². The molecule has 1 unspecified atom stereocenters. The van der Waals surface area contributed by atoms with Gasteiger partial charge in [0.2, 0.25) is 0 Å². The summed E-state index contributed by atoms with van der Waals surface area (Å²) in [6.07, 6.45) is 7.79. The maximum absolute atomic E-state index is 5.90. The van der Waals surface area contributed by atoms with E-state index < -0.39 is 0 Å². The first-order chi connectivity index (χ1) is 6.25. The van der Waals surface area contributed by atoms with E-state index in [0.29, 0.717) is 6.04 Å². The van der Waals surface area contributed by atoms with Crippen LogP contribution in [0.4, 0.5) is 0 Å². The molecule has 1 heteroatoms. The molecule has 13 heavy (non-hydrogen) atoms. The monoisotopic (exact) mass is 181 g/mol. The molecule has 0 aromatic rings. The first-order valence-electron chi connectivity index (χ1n) is 5.37. The van der Waals surface area contributed by atoms with Crippen LogP contribution in [0.1, 0.15) is 47.0 Å². The third kappa shape index (κ3) is 3.77. The molecular formula is C12H23N. The molecule has 0 amide bonds. The normalized spacial score (nSPS) is 22.1. The molecule has 0 fully saturated rings. The van der Waals surface area contributed by atoms with E-state index in [1.54, 1.807) is 0 Å². The van der Waals surface area contributed by atoms with Crippen molar-refractivity contribution in [1.82, 2.24) is 0 Å². The van der Waals surface area contributed by atoms with Gasteiger partial charge in [0, 0.05) is 6.04 Å². The number of allylic oxidation sites excluding steroid dienone is 2. The van der Waals surface area contributed by atoms with Crippen molar-refractivity contribution < 1.29 is 0 Å². The molecule has 0 aromatic heterocycles. The number of nitrogens with two attached hydrogens (primary N) is 1. The van der Waals surface area contributed by atoms with Crippen LogP contribution in [0, 0.1) is 0 Å². The second kappa shape index (κ2) is 6.90. The van der Waals surface area contributed by atoms with Crippen molar-refractivity contribution in [3.05, 3.63) is 23.3 Å². The summed E-state index contributed by atoms with van der Waals surface area (Å²) < 4.78 is 0. The molecule has 0 radical (unpaired) electrons. The zero-order valence-corrected chi connectivity index (χ0v) is 9.43. The zero-order chi connectivity index (χ0) is 10.3. The van der Waals surface area contributed by atoms with Crippen molar-refractivity contribution in [2.45, 2.75) is 53.0 Å². The first kappa shape index (κ1) is 12.4. The molecule has 1 rings (SSSR count). The van der Waals surface area contributed by atoms with Crippen molar-refractivity contribution >= 4 is 0 Å². The van der Waals surface area contributed by atoms with Crippen molar-refractivity contribution in [3.8, 4) is 0 Å². The molecule has 0 heterocycles. The summed E-state index contributed by atoms with van der Waals surface area (Å²) in [4.78, 5) is 0. The molecule has 0 aromatic carbocycles. The van der Waals surface area contributed by atoms with Crippen LogP contribution >= 0.6 is 0 Å². The highest BCUT2D eigenvalue weighted by molar-refractivity contribution is 5.33. The minimum atomic E-state index is 0.304. The fourth-order valence-corrected chi connectivity index (χ4v) is 1.50. The number of rotatable bonds is 2. The lowest BCUT2D eigenvalue weighted by Crippen LogP contribution is -2.17. The fraction of sp³-hybridized carbons (Fsp3) is 0.667. The topological polar surface area (TPSA) is 26.0 Å². The molecule has 0 spiro atoms. The first-order valence-corrected chi connectivity index (χ1v) is 5.37. The molecule has 1 nitrogen and oxygen atoms in total. The lowest BCUT2D eigenvalue weighted by Gasteiger charge is -2.03. The van der Waals surface area contributed by atoms with Crippen molar-refractivity contribution in [2.75, 3.05) is 0 Å². The lowest BCUT2D eigenvalue weighted by molar-refractivity contribution is 0.758. The molecule has 0 aliphatic heterocycles. The quantitative estimate of drug-likeness (QED) is 0.694. The van der Waals surface area contributed by atoms with Gasteiger partial charge in [-0.25, -0.2) is 0 Å². The Balaban J connectivity index is 0.000000671. The summed E-state index contributed by atoms with van der Waals surface area (Å²) in [5.74, 6) is 0. The molecule has 1 atom stereocenters. The molecule has 0 bridgehead atoms. The third-order valence-electron chi connectivity index (χ3n) is 2.26. The third-order valence-corrected chi connectivity index (χ3v) is 2.26. The Bertz CT molecular complexity index is 189. The van der Waals surface area contributed by atoms with Crippen LogP contribution in [0.25, 0.3) is 0 Å². The predicted molar refractivity (Wildman–Crippen MR) is 60.7 cm³/mol. The van der Waals surface area contributed by atoms with E-state index in [-0.39, 0.29) is 0 Å². The van der Waals surface area contributed by atoms with E-state index in [1.807, 2.05) is 13.8 Å². The highest BCUT2D eigenvalue weighted by Gasteiger charge is 2.16. The minimum Gasteiger partial charge on any atom is -0.324 e. The zero-order valence-electron chi connectivity index (χ0n) is 9.43. The second-order valence-electron chi connectivity index (χ2n) is 3.19. The van der Waals surface area contributed by atoms with Gasteiger partial charge in [0.15, 0.2) is 0 Å². The maximum Gasteiger partial charge on any atom is 0.0297 e. The van der Waals surface area contributed by atoms with E-state index >= 15 is 0 Å². The van der Waals surface area contributed by atoms with Gasteiger partial charge in [-0.05, 0) is 31.8 Å². The molecule has 76 valence electrons. The minimum absolute atomic E-state index is 0.304. The molecule has 0 saturated carbocycles. The summed E-state index contributed by atoms with van der Waals surface area (Å²) in [7, 11) is 0. The Morgan fingerprint density at radius 2 is 2.08 bits per heavy atom. The standard InChI is InChI=1S/C10H17N.C2H6/c1-3-4-5-9-8(2)6-7-10(9)11;1-2/h4-5,10H,3,6-7,11H2,1-2H3;1-2H3/b5-4-;. The Kier molecular flexibility index (Phi) is 6.61. The molecule has 2 N–H and O–H groups in total. The highest BCUT2D eigenvalue weighted by atomic mass is 14.6. The lowest BCUT2D eigenvalue weighted by atomic mass is 10.1. The van der Waals surface area contributed by atoms with Crippen LogP contribution in [0.3, 0.4) is 0 Å². The second-order valence-corrected chi connectivity index (χ2v) is 3.19. The molecular weight excluding hydrogens is 158 g/mol. The van der Waals surface area contributed by atoms with E-state index in [0.717, 1.165) is 12.8 Å². The van der Waals surface area contributed by atoms with Gasteiger partial charge < -0.3 is 5.73 Å². The molecule has 1 aliphatic carbocycles. The number of hydrogen-bond acceptors (Lipinski definition) is 1. The van der Waals surface area contributed by atoms with E-state index in [1.165, 1.54) is 17.6 Å². The van der Waals surface area contributed by atoms with Crippen molar-refractivity contribution in [1.29, 1.82) is 0 Å². The van der Waals surface area contributed by atoms with E-state index in [9.17, 15) is 0 Å². The summed E-state index contributed by atoms with van der Waals surface area (Å²) >= 11 is 0. The summed E-state index contributed by atoms with van der Waals surface area (Å²) in [5.41, 5.74) is 8.74. The van der Waals surface area contributed by atoms with E-state index in [2.05, 4.69) is 26.0 Å². The van der Waals surface area contributed by atoms with Gasteiger partial charge in [0.1, 0.15) is 0 Å². The Morgan fingerprint density at radius 1 is 1.46 bits per heavy atom. The Morgan fingerprint density at radius 3 is 2.46 bits per heavy atom. The van der Waals surface area contributed by atoms with Gasteiger partial charge in [-0.15, -0.1) is 0 Å².